The van der Waals surface area contributed by atoms with Gasteiger partial charge >= 0.3 is 5.97 Å². The normalized spacial score (nSPS) is 31.4. The monoisotopic (exact) mass is 436 g/mol. The van der Waals surface area contributed by atoms with Gasteiger partial charge in [-0.3, -0.25) is 0 Å². The van der Waals surface area contributed by atoms with Gasteiger partial charge in [-0.15, -0.1) is 0 Å². The highest BCUT2D eigenvalue weighted by Gasteiger charge is 2.59. The Balaban J connectivity index is 1.39. The van der Waals surface area contributed by atoms with Crippen molar-refractivity contribution in [2.24, 2.45) is 17.3 Å². The standard InChI is InChI=1S/C26H28O4S/c1-19(31(28,29)23-10-6-3-7-11-23)13-25-14-20-12-21(15-25)17-26(16-20,18-25)30-24(27)22-8-4-2-5-9-22/h2-11,20-21H,1,12-18H2/t20-,21+,25?,26?. The Hall–Kier alpha value is -2.40. The highest BCUT2D eigenvalue weighted by Crippen LogP contribution is 2.64. The summed E-state index contributed by atoms with van der Waals surface area (Å²) in [4.78, 5) is 13.4. The molecule has 4 aliphatic carbocycles. The Morgan fingerprint density at radius 2 is 1.52 bits per heavy atom. The smallest absolute Gasteiger partial charge is 0.338 e. The van der Waals surface area contributed by atoms with Crippen molar-refractivity contribution in [3.8, 4) is 0 Å². The summed E-state index contributed by atoms with van der Waals surface area (Å²) in [5.74, 6) is 0.697. The van der Waals surface area contributed by atoms with Crippen LogP contribution in [0, 0.1) is 17.3 Å². The number of ether oxygens (including phenoxy) is 1. The maximum atomic E-state index is 13.1. The predicted octanol–water partition coefficient (Wildman–Crippen LogP) is 5.56. The molecular weight excluding hydrogens is 408 g/mol. The first-order valence-electron chi connectivity index (χ1n) is 11.1. The second kappa shape index (κ2) is 7.33. The number of rotatable bonds is 6. The maximum Gasteiger partial charge on any atom is 0.338 e. The fraction of sp³-hybridized carbons (Fsp3) is 0.423. The summed E-state index contributed by atoms with van der Waals surface area (Å²) in [7, 11) is -3.57. The predicted molar refractivity (Wildman–Crippen MR) is 119 cm³/mol. The average Bonchev–Trinajstić information content (AvgIpc) is 2.73. The van der Waals surface area contributed by atoms with Crippen molar-refractivity contribution in [2.75, 3.05) is 0 Å². The van der Waals surface area contributed by atoms with Gasteiger partial charge in [0, 0.05) is 4.91 Å². The third-order valence-electron chi connectivity index (χ3n) is 7.45. The van der Waals surface area contributed by atoms with Crippen LogP contribution in [0.2, 0.25) is 0 Å². The van der Waals surface area contributed by atoms with Crippen LogP contribution in [-0.4, -0.2) is 20.0 Å². The lowest BCUT2D eigenvalue weighted by atomic mass is 9.47. The van der Waals surface area contributed by atoms with Crippen LogP contribution >= 0.6 is 0 Å². The first-order chi connectivity index (χ1) is 14.8. The fourth-order valence-electron chi connectivity index (χ4n) is 6.80. The molecule has 0 N–H and O–H groups in total. The highest BCUT2D eigenvalue weighted by atomic mass is 32.2. The summed E-state index contributed by atoms with van der Waals surface area (Å²) in [6.07, 6.45) is 6.11. The number of sulfone groups is 1. The summed E-state index contributed by atoms with van der Waals surface area (Å²) in [5, 5.41) is 0. The minimum absolute atomic E-state index is 0.153. The zero-order valence-electron chi connectivity index (χ0n) is 17.6. The Labute approximate surface area is 184 Å². The van der Waals surface area contributed by atoms with Gasteiger partial charge in [-0.2, -0.15) is 0 Å². The molecule has 0 heterocycles. The first kappa shape index (κ1) is 20.5. The van der Waals surface area contributed by atoms with E-state index < -0.39 is 15.4 Å². The minimum atomic E-state index is -3.57. The van der Waals surface area contributed by atoms with Crippen LogP contribution in [0.5, 0.6) is 0 Å². The van der Waals surface area contributed by atoms with E-state index in [1.165, 1.54) is 0 Å². The molecule has 0 aliphatic heterocycles. The van der Waals surface area contributed by atoms with Gasteiger partial charge in [0.2, 0.25) is 9.84 Å². The zero-order valence-corrected chi connectivity index (χ0v) is 18.4. The lowest BCUT2D eigenvalue weighted by molar-refractivity contribution is -0.165. The van der Waals surface area contributed by atoms with Crippen LogP contribution in [0.15, 0.2) is 77.0 Å². The van der Waals surface area contributed by atoms with Crippen molar-refractivity contribution >= 4 is 15.8 Å². The largest absolute Gasteiger partial charge is 0.455 e. The van der Waals surface area contributed by atoms with Gasteiger partial charge < -0.3 is 4.74 Å². The third kappa shape index (κ3) is 3.73. The first-order valence-corrected chi connectivity index (χ1v) is 12.5. The number of carbonyl (C=O) groups excluding carboxylic acids is 1. The molecule has 0 spiro atoms. The summed E-state index contributed by atoms with van der Waals surface area (Å²) in [6, 6.07) is 17.7. The summed E-state index contributed by atoms with van der Waals surface area (Å²) in [5.41, 5.74) is -0.0586. The van der Waals surface area contributed by atoms with Crippen LogP contribution in [0.4, 0.5) is 0 Å². The molecule has 4 saturated carbocycles. The van der Waals surface area contributed by atoms with Crippen LogP contribution in [0.3, 0.4) is 0 Å². The molecule has 0 aromatic heterocycles. The molecule has 2 aromatic rings. The van der Waals surface area contributed by atoms with E-state index in [-0.39, 0.29) is 16.3 Å². The van der Waals surface area contributed by atoms with E-state index in [1.54, 1.807) is 36.4 Å². The van der Waals surface area contributed by atoms with Crippen molar-refractivity contribution in [3.05, 3.63) is 77.7 Å². The number of hydrogen-bond donors (Lipinski definition) is 0. The van der Waals surface area contributed by atoms with Crippen molar-refractivity contribution in [3.63, 3.8) is 0 Å². The molecule has 6 rings (SSSR count). The minimum Gasteiger partial charge on any atom is -0.455 e. The molecule has 4 aliphatic rings. The Kier molecular flexibility index (Phi) is 4.85. The quantitative estimate of drug-likeness (QED) is 0.556. The van der Waals surface area contributed by atoms with Crippen molar-refractivity contribution < 1.29 is 17.9 Å². The third-order valence-corrected chi connectivity index (χ3v) is 9.25. The second-order valence-electron chi connectivity index (χ2n) is 9.93. The molecule has 0 saturated heterocycles. The van der Waals surface area contributed by atoms with Gasteiger partial charge in [0.15, 0.2) is 0 Å². The SMILES string of the molecule is C=C(CC12C[C@H]3C[C@@H](C1)CC(OC(=O)c1ccccc1)(C3)C2)S(=O)(=O)c1ccccc1. The van der Waals surface area contributed by atoms with Crippen molar-refractivity contribution in [2.45, 2.75) is 55.4 Å². The Morgan fingerprint density at radius 1 is 0.935 bits per heavy atom. The lowest BCUT2D eigenvalue weighted by Gasteiger charge is -2.61. The molecule has 2 unspecified atom stereocenters. The maximum absolute atomic E-state index is 13.1. The summed E-state index contributed by atoms with van der Waals surface area (Å²) < 4.78 is 32.4. The molecule has 4 bridgehead atoms. The second-order valence-corrected chi connectivity index (χ2v) is 12.0. The van der Waals surface area contributed by atoms with E-state index >= 15 is 0 Å². The molecular formula is C26H28O4S. The average molecular weight is 437 g/mol. The molecule has 0 radical (unpaired) electrons. The number of hydrogen-bond acceptors (Lipinski definition) is 4. The van der Waals surface area contributed by atoms with Crippen molar-refractivity contribution in [1.29, 1.82) is 0 Å². The summed E-state index contributed by atoms with van der Waals surface area (Å²) in [6.45, 7) is 4.01. The highest BCUT2D eigenvalue weighted by molar-refractivity contribution is 7.95. The van der Waals surface area contributed by atoms with E-state index in [0.717, 1.165) is 38.5 Å². The van der Waals surface area contributed by atoms with Crippen LogP contribution < -0.4 is 0 Å². The Morgan fingerprint density at radius 3 is 2.13 bits per heavy atom. The molecule has 0 amide bonds. The van der Waals surface area contributed by atoms with E-state index in [9.17, 15) is 13.2 Å². The van der Waals surface area contributed by atoms with E-state index in [1.807, 2.05) is 24.3 Å². The molecule has 4 fully saturated rings. The van der Waals surface area contributed by atoms with Gasteiger partial charge in [-0.05, 0) is 86.5 Å². The van der Waals surface area contributed by atoms with E-state index in [0.29, 0.717) is 28.7 Å². The van der Waals surface area contributed by atoms with Gasteiger partial charge in [0.1, 0.15) is 5.60 Å². The molecule has 5 heteroatoms. The lowest BCUT2D eigenvalue weighted by Crippen LogP contribution is -2.57. The molecule has 162 valence electrons. The molecule has 4 atom stereocenters. The fourth-order valence-corrected chi connectivity index (χ4v) is 8.15. The number of esters is 1. The van der Waals surface area contributed by atoms with E-state index in [2.05, 4.69) is 6.58 Å². The van der Waals surface area contributed by atoms with E-state index in [4.69, 9.17) is 4.74 Å². The summed E-state index contributed by atoms with van der Waals surface area (Å²) >= 11 is 0. The van der Waals surface area contributed by atoms with Crippen molar-refractivity contribution in [1.82, 2.24) is 0 Å². The molecule has 2 aromatic carbocycles. The zero-order chi connectivity index (χ0) is 21.7. The number of benzene rings is 2. The van der Waals surface area contributed by atoms with Gasteiger partial charge in [0.05, 0.1) is 10.5 Å². The molecule has 31 heavy (non-hydrogen) atoms. The van der Waals surface area contributed by atoms with Gasteiger partial charge in [-0.1, -0.05) is 43.0 Å². The number of carbonyl (C=O) groups is 1. The topological polar surface area (TPSA) is 60.4 Å². The molecule has 4 nitrogen and oxygen atoms in total. The van der Waals surface area contributed by atoms with Crippen LogP contribution in [0.25, 0.3) is 0 Å². The van der Waals surface area contributed by atoms with Crippen LogP contribution in [-0.2, 0) is 14.6 Å². The van der Waals surface area contributed by atoms with Crippen LogP contribution in [0.1, 0.15) is 55.3 Å². The van der Waals surface area contributed by atoms with Gasteiger partial charge in [0.25, 0.3) is 0 Å². The van der Waals surface area contributed by atoms with Gasteiger partial charge in [-0.25, -0.2) is 13.2 Å². The number of allylic oxidation sites excluding steroid dienone is 1. The Bertz CT molecular complexity index is 1090.